The second kappa shape index (κ2) is 13.2. The summed E-state index contributed by atoms with van der Waals surface area (Å²) in [6.45, 7) is -5.33. The highest BCUT2D eigenvalue weighted by molar-refractivity contribution is 8.54. The van der Waals surface area contributed by atoms with Crippen molar-refractivity contribution in [2.75, 3.05) is 24.7 Å². The molecule has 4 aromatic heterocycles. The molecule has 0 bridgehead atoms. The first-order valence-corrected chi connectivity index (χ1v) is 19.2. The van der Waals surface area contributed by atoms with Crippen LogP contribution in [0.3, 0.4) is 0 Å². The third-order valence-corrected chi connectivity index (χ3v) is 9.78. The number of ether oxygens (including phenoxy) is 2. The number of rotatable bonds is 11. The Kier molecular flexibility index (Phi) is 9.65. The molecule has 6 heterocycles. The molecule has 248 valence electrons. The molecular weight excluding hydrogens is 716 g/mol. The molecule has 2 unspecified atom stereocenters. The number of H-pyrrole nitrogens is 1. The summed E-state index contributed by atoms with van der Waals surface area (Å²) >= 11 is 14.3. The Morgan fingerprint density at radius 3 is 2.48 bits per heavy atom. The minimum Gasteiger partial charge on any atom is -0.394 e. The highest BCUT2D eigenvalue weighted by Gasteiger charge is 2.52. The van der Waals surface area contributed by atoms with Gasteiger partial charge in [-0.1, -0.05) is 0 Å². The number of thiol groups is 1. The lowest BCUT2D eigenvalue weighted by Gasteiger charge is -2.25. The van der Waals surface area contributed by atoms with Crippen LogP contribution >= 0.6 is 25.1 Å². The first-order valence-electron chi connectivity index (χ1n) is 13.2. The number of halogens is 2. The number of alkyl halides is 2. The van der Waals surface area contributed by atoms with Gasteiger partial charge in [0.05, 0.1) is 32.0 Å². The lowest BCUT2D eigenvalue weighted by Crippen LogP contribution is -2.32. The van der Waals surface area contributed by atoms with Crippen LogP contribution < -0.4 is 17.0 Å². The molecule has 0 aromatic carbocycles. The molecule has 2 fully saturated rings. The van der Waals surface area contributed by atoms with E-state index in [1.807, 2.05) is 0 Å². The van der Waals surface area contributed by atoms with Crippen molar-refractivity contribution in [2.45, 2.75) is 55.6 Å². The number of hydrogen-bond acceptors (Lipinski definition) is 16. The van der Waals surface area contributed by atoms with Crippen molar-refractivity contribution < 1.29 is 41.8 Å². The molecule has 7 N–H and O–H groups in total. The van der Waals surface area contributed by atoms with Gasteiger partial charge in [0, 0.05) is 6.42 Å². The second-order valence-corrected chi connectivity index (χ2v) is 16.4. The van der Waals surface area contributed by atoms with E-state index >= 15 is 8.78 Å². The molecule has 4 aromatic rings. The fourth-order valence-corrected chi connectivity index (χ4v) is 7.74. The summed E-state index contributed by atoms with van der Waals surface area (Å²) in [6, 6.07) is 0. The summed E-state index contributed by atoms with van der Waals surface area (Å²) in [5.74, 6) is -0.144. The maximum atomic E-state index is 15.7. The molecule has 2 aliphatic heterocycles. The number of anilines is 2. The number of aromatic nitrogens is 8. The van der Waals surface area contributed by atoms with Crippen LogP contribution in [-0.2, 0) is 46.7 Å². The first-order chi connectivity index (χ1) is 21.9. The van der Waals surface area contributed by atoms with E-state index < -0.39 is 74.2 Å². The minimum atomic E-state index is -4.24. The molecule has 18 nitrogen and oxygen atoms in total. The maximum Gasteiger partial charge on any atom is 0.411 e. The number of aromatic amines is 1. The van der Waals surface area contributed by atoms with Crippen molar-refractivity contribution in [1.82, 2.24) is 39.0 Å². The molecule has 0 amide bonds. The van der Waals surface area contributed by atoms with Gasteiger partial charge in [-0.15, -0.1) is 4.52 Å². The van der Waals surface area contributed by atoms with Crippen LogP contribution in [0.25, 0.3) is 22.3 Å². The van der Waals surface area contributed by atoms with E-state index in [1.54, 1.807) is 0 Å². The molecule has 0 spiro atoms. The van der Waals surface area contributed by atoms with Gasteiger partial charge in [-0.05, 0) is 11.8 Å². The van der Waals surface area contributed by atoms with Gasteiger partial charge in [0.25, 0.3) is 5.56 Å². The number of aliphatic hydroxyl groups excluding tert-OH is 1. The third-order valence-electron chi connectivity index (χ3n) is 7.22. The van der Waals surface area contributed by atoms with Gasteiger partial charge in [-0.25, -0.2) is 28.7 Å². The number of nitrogens with one attached hydrogen (secondary N) is 1. The molecule has 46 heavy (non-hydrogen) atoms. The number of imidazole rings is 2. The molecule has 2 saturated heterocycles. The number of fused-ring (bicyclic) bond motifs is 2. The summed E-state index contributed by atoms with van der Waals surface area (Å²) in [5, 5.41) is 9.67. The van der Waals surface area contributed by atoms with Gasteiger partial charge in [0.1, 0.15) is 36.3 Å². The lowest BCUT2D eigenvalue weighted by atomic mass is 10.1. The molecular formula is C21H25F2N10O8P2S3+. The van der Waals surface area contributed by atoms with Crippen molar-refractivity contribution in [3.8, 4) is 0 Å². The van der Waals surface area contributed by atoms with Crippen LogP contribution in [-0.4, -0.2) is 99.0 Å². The average Bonchev–Trinajstić information content (AvgIpc) is 3.75. The standard InChI is InChI=1S/C21H24F2N10O8P2S3/c22-9-8(3-34)39-20(33-6-29-12-17(33)30-21(25)31-18(12)35)14(9)41-43(36,46)37-2-1-7-13(40-42(44)45)10(23)19(38-7)32-5-28-11-15(24)26-4-27-16(11)32/h4-10,13-14,19-20,34H,1-3H2,(H6-,24,25,26,27,30,31,35,36,44,45,46)/p+1/t7-,8-,9-,10+,13-,14-,19-,20-,43?/m1/s1. The van der Waals surface area contributed by atoms with Crippen LogP contribution in [0.2, 0.25) is 0 Å². The molecule has 0 radical (unpaired) electrons. The normalized spacial score (nSPS) is 29.9. The van der Waals surface area contributed by atoms with Crippen molar-refractivity contribution in [1.29, 1.82) is 0 Å². The second-order valence-electron chi connectivity index (χ2n) is 10.0. The Bertz CT molecular complexity index is 1890. The highest BCUT2D eigenvalue weighted by Crippen LogP contribution is 2.51. The van der Waals surface area contributed by atoms with Crippen molar-refractivity contribution in [3.63, 3.8) is 0 Å². The smallest absolute Gasteiger partial charge is 0.394 e. The highest BCUT2D eigenvalue weighted by atomic mass is 32.9. The maximum absolute atomic E-state index is 15.7. The van der Waals surface area contributed by atoms with Gasteiger partial charge >= 0.3 is 12.8 Å². The van der Waals surface area contributed by atoms with Crippen molar-refractivity contribution in [2.24, 2.45) is 0 Å². The van der Waals surface area contributed by atoms with Crippen molar-refractivity contribution in [3.05, 3.63) is 29.3 Å². The quantitative estimate of drug-likeness (QED) is 0.0914. The van der Waals surface area contributed by atoms with E-state index in [1.165, 1.54) is 21.8 Å². The Hall–Kier alpha value is -2.40. The van der Waals surface area contributed by atoms with Gasteiger partial charge < -0.3 is 35.5 Å². The van der Waals surface area contributed by atoms with Crippen LogP contribution in [0.1, 0.15) is 18.9 Å². The molecule has 0 aliphatic carbocycles. The average molecular weight is 742 g/mol. The van der Waals surface area contributed by atoms with E-state index in [2.05, 4.69) is 42.2 Å². The fourth-order valence-electron chi connectivity index (χ4n) is 5.21. The summed E-state index contributed by atoms with van der Waals surface area (Å²) in [6.07, 6.45) is -9.78. The van der Waals surface area contributed by atoms with E-state index in [4.69, 9.17) is 58.1 Å². The minimum absolute atomic E-state index is 0.0664. The topological polar surface area (TPSA) is 246 Å². The Morgan fingerprint density at radius 2 is 1.76 bits per heavy atom. The van der Waals surface area contributed by atoms with Gasteiger partial charge in [-0.3, -0.25) is 23.4 Å². The third kappa shape index (κ3) is 6.39. The lowest BCUT2D eigenvalue weighted by molar-refractivity contribution is -0.0486. The summed E-state index contributed by atoms with van der Waals surface area (Å²) in [7, 11) is 0. The summed E-state index contributed by atoms with van der Waals surface area (Å²) < 4.78 is 61.9. The van der Waals surface area contributed by atoms with E-state index in [0.29, 0.717) is 0 Å². The van der Waals surface area contributed by atoms with Crippen LogP contribution in [0, 0.1) is 0 Å². The van der Waals surface area contributed by atoms with Gasteiger partial charge in [0.2, 0.25) is 17.8 Å². The van der Waals surface area contributed by atoms with Gasteiger partial charge in [0.15, 0.2) is 53.5 Å². The molecule has 2 aliphatic rings. The van der Waals surface area contributed by atoms with Crippen molar-refractivity contribution >= 4 is 82.8 Å². The molecule has 25 heteroatoms. The molecule has 6 rings (SSSR count). The SMILES string of the molecule is Nc1nc2c(ncn2[C@@H]2O[C@H](CO)[C@@H](F)[C@H]2OP(O)(=S)OCC[C@H]2O[C@@H](n3cnc4c(N)ncnc43)[C@@H](F)[C@@H]2O[P+](=S)S)c(=O)[nH]1. The number of nitrogens with zero attached hydrogens (tertiary/aromatic N) is 7. The van der Waals surface area contributed by atoms with Gasteiger partial charge in [-0.2, -0.15) is 4.98 Å². The zero-order chi connectivity index (χ0) is 32.9. The number of nitrogens with two attached hydrogens (primary N) is 2. The number of hydrogen-bond donors (Lipinski definition) is 6. The van der Waals surface area contributed by atoms with E-state index in [-0.39, 0.29) is 47.1 Å². The monoisotopic (exact) mass is 741 g/mol. The van der Waals surface area contributed by atoms with Crippen LogP contribution in [0.4, 0.5) is 20.5 Å². The number of aliphatic hydroxyl groups is 1. The largest absolute Gasteiger partial charge is 0.411 e. The Morgan fingerprint density at radius 1 is 1.07 bits per heavy atom. The van der Waals surface area contributed by atoms with Crippen LogP contribution in [0.15, 0.2) is 23.8 Å². The Balaban J connectivity index is 1.17. The van der Waals surface area contributed by atoms with E-state index in [0.717, 1.165) is 6.33 Å². The summed E-state index contributed by atoms with van der Waals surface area (Å²) in [4.78, 5) is 45.6. The predicted molar refractivity (Wildman–Crippen MR) is 167 cm³/mol. The molecule has 10 atom stereocenters. The zero-order valence-corrected chi connectivity index (χ0v) is 27.3. The fraction of sp³-hybridized carbons (Fsp3) is 0.524. The summed E-state index contributed by atoms with van der Waals surface area (Å²) in [5.41, 5.74) is 11.1. The first kappa shape index (κ1) is 33.5. The predicted octanol–water partition coefficient (Wildman–Crippen LogP) is 0.685. The molecule has 0 saturated carbocycles. The van der Waals surface area contributed by atoms with Crippen LogP contribution in [0.5, 0.6) is 0 Å². The van der Waals surface area contributed by atoms with E-state index in [9.17, 15) is 14.8 Å². The zero-order valence-electron chi connectivity index (χ0n) is 23.0. The number of nitrogen functional groups attached to an aromatic ring is 2. The Labute approximate surface area is 272 Å².